The van der Waals surface area contributed by atoms with Gasteiger partial charge in [0.1, 0.15) is 17.1 Å². The molecule has 2 aliphatic rings. The quantitative estimate of drug-likeness (QED) is 0.501. The second kappa shape index (κ2) is 9.72. The summed E-state index contributed by atoms with van der Waals surface area (Å²) in [4.78, 5) is 12.9. The molecule has 7 nitrogen and oxygen atoms in total. The molecule has 2 aromatic carbocycles. The molecule has 0 bridgehead atoms. The van der Waals surface area contributed by atoms with Gasteiger partial charge in [0.05, 0.1) is 17.5 Å². The van der Waals surface area contributed by atoms with E-state index in [4.69, 9.17) is 4.42 Å². The Labute approximate surface area is 229 Å². The number of anilines is 1. The molecule has 0 atom stereocenters. The van der Waals surface area contributed by atoms with Gasteiger partial charge in [0.2, 0.25) is 10.0 Å². The first-order valence-electron chi connectivity index (χ1n) is 11.4. The third-order valence-corrected chi connectivity index (χ3v) is 7.90. The molecule has 2 fully saturated rings. The topological polar surface area (TPSA) is 99.8 Å². The van der Waals surface area contributed by atoms with Gasteiger partial charge < -0.3 is 14.8 Å². The third-order valence-electron chi connectivity index (χ3n) is 6.69. The first-order valence-corrected chi connectivity index (χ1v) is 13.2. The zero-order valence-electron chi connectivity index (χ0n) is 19.2. The fourth-order valence-corrected chi connectivity index (χ4v) is 6.28. The standard InChI is InChI=1S/C25H28N2O5S.Ar/c1-26-25(29)23-20-13-19(15-7-8-15)21(27(33(2,30)31)17-5-3-4-6-17)14-22(20)32-24(23)16-9-11-18(28)12-10-16;/h9-15,17,28H,3-8H2,1-2H3,(H,26,29);. The number of phenolic OH excluding ortho intramolecular Hbond substituents is 1. The van der Waals surface area contributed by atoms with Gasteiger partial charge in [-0.05, 0) is 67.5 Å². The van der Waals surface area contributed by atoms with Gasteiger partial charge in [0.15, 0.2) is 0 Å². The van der Waals surface area contributed by atoms with E-state index in [1.807, 2.05) is 6.07 Å². The van der Waals surface area contributed by atoms with E-state index in [0.717, 1.165) is 44.1 Å². The molecule has 2 aliphatic carbocycles. The second-order valence-corrected chi connectivity index (χ2v) is 11.0. The summed E-state index contributed by atoms with van der Waals surface area (Å²) in [6.45, 7) is 0. The van der Waals surface area contributed by atoms with Crippen LogP contribution < -0.4 is 9.62 Å². The van der Waals surface area contributed by atoms with Crippen LogP contribution in [0.5, 0.6) is 5.75 Å². The minimum absolute atomic E-state index is 0. The molecule has 0 aliphatic heterocycles. The summed E-state index contributed by atoms with van der Waals surface area (Å²) >= 11 is 0. The molecule has 3 aromatic rings. The normalized spacial score (nSPS) is 16.4. The van der Waals surface area contributed by atoms with Crippen LogP contribution in [0.4, 0.5) is 5.69 Å². The van der Waals surface area contributed by atoms with Crippen molar-refractivity contribution in [1.82, 2.24) is 5.32 Å². The summed E-state index contributed by atoms with van der Waals surface area (Å²) in [5.41, 5.74) is 3.19. The Bertz CT molecular complexity index is 1320. The average molecular weight is 509 g/mol. The molecule has 1 heterocycles. The van der Waals surface area contributed by atoms with Gasteiger partial charge in [-0.2, -0.15) is 0 Å². The van der Waals surface area contributed by atoms with E-state index < -0.39 is 10.0 Å². The number of rotatable bonds is 6. The Kier molecular flexibility index (Phi) is 7.25. The molecule has 1 aromatic heterocycles. The number of aromatic hydroxyl groups is 1. The van der Waals surface area contributed by atoms with Crippen LogP contribution in [0.25, 0.3) is 22.3 Å². The fourth-order valence-electron chi connectivity index (χ4n) is 5.01. The molecule has 0 saturated heterocycles. The van der Waals surface area contributed by atoms with Crippen molar-refractivity contribution in [2.75, 3.05) is 17.6 Å². The SMILES string of the molecule is CNC(=O)c1c(-c2ccc(O)cc2)oc2cc(N(C3CCCC3)S(C)(=O)=O)c(C3CC3)cc12.[Ar]. The van der Waals surface area contributed by atoms with Crippen molar-refractivity contribution in [3.8, 4) is 17.1 Å². The molecule has 182 valence electrons. The van der Waals surface area contributed by atoms with E-state index in [0.29, 0.717) is 33.5 Å². The van der Waals surface area contributed by atoms with Crippen LogP contribution in [0.15, 0.2) is 40.8 Å². The molecule has 0 radical (unpaired) electrons. The molecule has 2 saturated carbocycles. The van der Waals surface area contributed by atoms with Gasteiger partial charge in [0, 0.05) is 67.8 Å². The van der Waals surface area contributed by atoms with Gasteiger partial charge >= 0.3 is 0 Å². The number of sulfonamides is 1. The number of benzene rings is 2. The summed E-state index contributed by atoms with van der Waals surface area (Å²) in [5.74, 6) is 0.520. The number of furan rings is 1. The molecular weight excluding hydrogens is 480 g/mol. The zero-order chi connectivity index (χ0) is 23.3. The van der Waals surface area contributed by atoms with Crippen LogP contribution in [-0.4, -0.2) is 38.8 Å². The van der Waals surface area contributed by atoms with Crippen LogP contribution in [0.3, 0.4) is 0 Å². The van der Waals surface area contributed by atoms with Crippen molar-refractivity contribution >= 4 is 32.6 Å². The number of carbonyl (C=O) groups excluding carboxylic acids is 1. The average Bonchev–Trinajstić information content (AvgIpc) is 3.35. The van der Waals surface area contributed by atoms with E-state index in [2.05, 4.69) is 5.32 Å². The summed E-state index contributed by atoms with van der Waals surface area (Å²) in [7, 11) is -1.92. The number of amides is 1. The van der Waals surface area contributed by atoms with Crippen LogP contribution in [-0.2, 0) is 10.0 Å². The van der Waals surface area contributed by atoms with E-state index in [1.165, 1.54) is 6.26 Å². The van der Waals surface area contributed by atoms with Crippen molar-refractivity contribution in [3.63, 3.8) is 0 Å². The van der Waals surface area contributed by atoms with Crippen LogP contribution in [0, 0.1) is 37.7 Å². The van der Waals surface area contributed by atoms with Gasteiger partial charge in [-0.15, -0.1) is 0 Å². The van der Waals surface area contributed by atoms with Gasteiger partial charge in [-0.1, -0.05) is 12.8 Å². The predicted molar refractivity (Wildman–Crippen MR) is 128 cm³/mol. The van der Waals surface area contributed by atoms with E-state index in [9.17, 15) is 18.3 Å². The van der Waals surface area contributed by atoms with Gasteiger partial charge in [-0.3, -0.25) is 9.10 Å². The number of nitrogens with one attached hydrogen (secondary N) is 1. The number of phenols is 1. The number of hydrogen-bond donors (Lipinski definition) is 2. The molecule has 0 unspecified atom stereocenters. The van der Waals surface area contributed by atoms with Crippen molar-refractivity contribution in [2.24, 2.45) is 0 Å². The molecule has 9 heteroatoms. The molecule has 34 heavy (non-hydrogen) atoms. The number of hydrogen-bond acceptors (Lipinski definition) is 5. The van der Waals surface area contributed by atoms with Crippen LogP contribution in [0.1, 0.15) is 60.4 Å². The van der Waals surface area contributed by atoms with Gasteiger partial charge in [-0.25, -0.2) is 8.42 Å². The first kappa shape index (κ1) is 25.4. The molecule has 1 amide bonds. The predicted octanol–water partition coefficient (Wildman–Crippen LogP) is 4.75. The van der Waals surface area contributed by atoms with E-state index in [-0.39, 0.29) is 61.4 Å². The maximum absolute atomic E-state index is 12.9. The Morgan fingerprint density at radius 3 is 2.29 bits per heavy atom. The Hall–Kier alpha value is -1.74. The molecule has 5 rings (SSSR count). The summed E-state index contributed by atoms with van der Waals surface area (Å²) in [6, 6.07) is 10.2. The summed E-state index contributed by atoms with van der Waals surface area (Å²) < 4.78 is 33.7. The van der Waals surface area contributed by atoms with Crippen LogP contribution >= 0.6 is 0 Å². The first-order chi connectivity index (χ1) is 15.8. The van der Waals surface area contributed by atoms with E-state index >= 15 is 0 Å². The molecule has 0 spiro atoms. The maximum atomic E-state index is 12.9. The van der Waals surface area contributed by atoms with Crippen molar-refractivity contribution in [1.29, 1.82) is 0 Å². The molecule has 2 N–H and O–H groups in total. The van der Waals surface area contributed by atoms with Crippen LogP contribution in [0.2, 0.25) is 0 Å². The van der Waals surface area contributed by atoms with Crippen molar-refractivity contribution in [3.05, 3.63) is 47.5 Å². The molecular formula is C25H28ArN2O5S. The third kappa shape index (κ3) is 4.70. The maximum Gasteiger partial charge on any atom is 0.255 e. The second-order valence-electron chi connectivity index (χ2n) is 9.11. The monoisotopic (exact) mass is 508 g/mol. The zero-order valence-corrected chi connectivity index (χ0v) is 20.7. The summed E-state index contributed by atoms with van der Waals surface area (Å²) in [6.07, 6.45) is 6.99. The Morgan fingerprint density at radius 1 is 1.09 bits per heavy atom. The van der Waals surface area contributed by atoms with E-state index in [1.54, 1.807) is 41.7 Å². The fraction of sp³-hybridized carbons (Fsp3) is 0.400. The van der Waals surface area contributed by atoms with Crippen molar-refractivity contribution < 1.29 is 60.5 Å². The number of carbonyl (C=O) groups is 1. The minimum atomic E-state index is -3.49. The largest absolute Gasteiger partial charge is 0.508 e. The smallest absolute Gasteiger partial charge is 0.255 e. The minimum Gasteiger partial charge on any atom is -0.508 e. The van der Waals surface area contributed by atoms with Crippen molar-refractivity contribution in [2.45, 2.75) is 50.5 Å². The number of fused-ring (bicyclic) bond motifs is 1. The number of nitrogens with zero attached hydrogens (tertiary/aromatic N) is 1. The Morgan fingerprint density at radius 2 is 1.74 bits per heavy atom. The Balaban J connectivity index is 0.00000274. The van der Waals surface area contributed by atoms with Gasteiger partial charge in [0.25, 0.3) is 5.91 Å². The summed E-state index contributed by atoms with van der Waals surface area (Å²) in [5, 5.41) is 13.0.